The molecule has 2 heterocycles. The fourth-order valence-electron chi connectivity index (χ4n) is 4.52. The number of hydrogen-bond donors (Lipinski definition) is 0. The Labute approximate surface area is 179 Å². The number of aromatic nitrogens is 3. The van der Waals surface area contributed by atoms with Crippen molar-refractivity contribution in [3.05, 3.63) is 105 Å². The third-order valence-corrected chi connectivity index (χ3v) is 6.20. The summed E-state index contributed by atoms with van der Waals surface area (Å²) < 4.78 is 4.86. The van der Waals surface area contributed by atoms with Crippen molar-refractivity contribution < 1.29 is 0 Å². The summed E-state index contributed by atoms with van der Waals surface area (Å²) in [6, 6.07) is 24.5. The molecule has 0 aliphatic carbocycles. The molecule has 2 aromatic heterocycles. The Morgan fingerprint density at radius 1 is 0.774 bits per heavy atom. The molecule has 0 saturated heterocycles. The molecule has 5 aromatic rings. The van der Waals surface area contributed by atoms with Gasteiger partial charge in [-0.2, -0.15) is 0 Å². The van der Waals surface area contributed by atoms with Gasteiger partial charge in [0.2, 0.25) is 0 Å². The number of aryl methyl sites for hydroxylation is 1. The van der Waals surface area contributed by atoms with Crippen LogP contribution in [0, 0.1) is 0 Å². The van der Waals surface area contributed by atoms with E-state index in [1.807, 2.05) is 48.7 Å². The molecule has 31 heavy (non-hydrogen) atoms. The van der Waals surface area contributed by atoms with Crippen molar-refractivity contribution in [1.29, 1.82) is 0 Å². The second-order valence-corrected chi connectivity index (χ2v) is 7.96. The minimum absolute atomic E-state index is 0.0477. The monoisotopic (exact) mass is 409 g/mol. The molecule has 0 N–H and O–H groups in total. The average molecular weight is 409 g/mol. The lowest BCUT2D eigenvalue weighted by Gasteiger charge is -2.20. The third-order valence-electron chi connectivity index (χ3n) is 6.20. The van der Waals surface area contributed by atoms with Crippen LogP contribution in [0.25, 0.3) is 32.9 Å². The average Bonchev–Trinajstić information content (AvgIpc) is 3.22. The van der Waals surface area contributed by atoms with E-state index in [1.165, 1.54) is 22.4 Å². The fourth-order valence-corrected chi connectivity index (χ4v) is 4.52. The van der Waals surface area contributed by atoms with Crippen molar-refractivity contribution in [3.8, 4) is 11.3 Å². The molecule has 0 bridgehead atoms. The summed E-state index contributed by atoms with van der Waals surface area (Å²) in [5.41, 5.74) is 2.97. The lowest BCUT2D eigenvalue weighted by atomic mass is 9.99. The molecule has 5 heteroatoms. The van der Waals surface area contributed by atoms with E-state index in [-0.39, 0.29) is 17.3 Å². The van der Waals surface area contributed by atoms with Crippen LogP contribution in [0.1, 0.15) is 18.5 Å². The molecule has 0 aliphatic rings. The van der Waals surface area contributed by atoms with Crippen molar-refractivity contribution in [1.82, 2.24) is 13.7 Å². The maximum atomic E-state index is 13.2. The topological polar surface area (TPSA) is 48.9 Å². The number of rotatable bonds is 3. The van der Waals surface area contributed by atoms with Crippen LogP contribution in [0.5, 0.6) is 0 Å². The van der Waals surface area contributed by atoms with Gasteiger partial charge in [0.05, 0.1) is 22.6 Å². The van der Waals surface area contributed by atoms with Crippen molar-refractivity contribution in [2.45, 2.75) is 13.0 Å². The zero-order chi connectivity index (χ0) is 21.7. The van der Waals surface area contributed by atoms with Crippen molar-refractivity contribution >= 4 is 21.7 Å². The predicted octanol–water partition coefficient (Wildman–Crippen LogP) is 4.47. The van der Waals surface area contributed by atoms with E-state index in [0.717, 1.165) is 16.8 Å². The first-order valence-corrected chi connectivity index (χ1v) is 10.3. The van der Waals surface area contributed by atoms with E-state index in [1.54, 1.807) is 11.6 Å². The van der Waals surface area contributed by atoms with Gasteiger partial charge in [0.15, 0.2) is 0 Å². The maximum absolute atomic E-state index is 13.2. The molecular formula is C26H23N3O2. The summed E-state index contributed by atoms with van der Waals surface area (Å²) in [4.78, 5) is 25.8. The zero-order valence-corrected chi connectivity index (χ0v) is 17.7. The summed E-state index contributed by atoms with van der Waals surface area (Å²) in [5, 5.41) is 2.91. The maximum Gasteiger partial charge on any atom is 0.330 e. The van der Waals surface area contributed by atoms with E-state index in [0.29, 0.717) is 10.9 Å². The molecular weight excluding hydrogens is 386 g/mol. The van der Waals surface area contributed by atoms with Gasteiger partial charge in [-0.3, -0.25) is 13.9 Å². The Hall–Kier alpha value is -3.86. The van der Waals surface area contributed by atoms with Crippen molar-refractivity contribution in [2.75, 3.05) is 0 Å². The standard InChI is InChI=1S/C26H23N3O2/c1-17(20-15-9-13-18-10-7-8-14-21(18)20)29-16-22-23(24(29)19-11-5-4-6-12-19)25(30)28(3)26(31)27(22)2/h4-17H,1-3H3. The molecule has 154 valence electrons. The van der Waals surface area contributed by atoms with Crippen LogP contribution in [0.2, 0.25) is 0 Å². The van der Waals surface area contributed by atoms with Crippen LogP contribution >= 0.6 is 0 Å². The molecule has 3 aromatic carbocycles. The number of benzene rings is 3. The van der Waals surface area contributed by atoms with Gasteiger partial charge in [0.1, 0.15) is 0 Å². The second-order valence-electron chi connectivity index (χ2n) is 7.96. The van der Waals surface area contributed by atoms with Gasteiger partial charge in [0.25, 0.3) is 5.56 Å². The van der Waals surface area contributed by atoms with E-state index in [9.17, 15) is 9.59 Å². The van der Waals surface area contributed by atoms with Gasteiger partial charge >= 0.3 is 5.69 Å². The molecule has 1 unspecified atom stereocenters. The lowest BCUT2D eigenvalue weighted by molar-refractivity contribution is 0.655. The molecule has 0 fully saturated rings. The highest BCUT2D eigenvalue weighted by molar-refractivity contribution is 5.94. The number of fused-ring (bicyclic) bond motifs is 2. The Balaban J connectivity index is 1.89. The molecule has 5 rings (SSSR count). The molecule has 5 nitrogen and oxygen atoms in total. The minimum Gasteiger partial charge on any atom is -0.337 e. The number of nitrogens with zero attached hydrogens (tertiary/aromatic N) is 3. The van der Waals surface area contributed by atoms with E-state index < -0.39 is 0 Å². The summed E-state index contributed by atoms with van der Waals surface area (Å²) in [6.07, 6.45) is 1.94. The van der Waals surface area contributed by atoms with Crippen LogP contribution in [0.4, 0.5) is 0 Å². The van der Waals surface area contributed by atoms with E-state index in [2.05, 4.69) is 41.8 Å². The summed E-state index contributed by atoms with van der Waals surface area (Å²) in [5.74, 6) is 0. The second kappa shape index (κ2) is 7.13. The Kier molecular flexibility index (Phi) is 4.40. The van der Waals surface area contributed by atoms with Gasteiger partial charge in [0, 0.05) is 20.3 Å². The van der Waals surface area contributed by atoms with Gasteiger partial charge in [-0.05, 0) is 28.8 Å². The largest absolute Gasteiger partial charge is 0.337 e. The Bertz CT molecular complexity index is 1550. The highest BCUT2D eigenvalue weighted by atomic mass is 16.2. The first-order valence-electron chi connectivity index (χ1n) is 10.3. The molecule has 0 spiro atoms. The summed E-state index contributed by atoms with van der Waals surface area (Å²) >= 11 is 0. The predicted molar refractivity (Wildman–Crippen MR) is 126 cm³/mol. The minimum atomic E-state index is -0.327. The quantitative estimate of drug-likeness (QED) is 0.441. The van der Waals surface area contributed by atoms with Crippen molar-refractivity contribution in [2.24, 2.45) is 14.1 Å². The van der Waals surface area contributed by atoms with Crippen LogP contribution in [-0.4, -0.2) is 13.7 Å². The fraction of sp³-hybridized carbons (Fsp3) is 0.154. The molecule has 0 amide bonds. The summed E-state index contributed by atoms with van der Waals surface area (Å²) in [7, 11) is 3.25. The lowest BCUT2D eigenvalue weighted by Crippen LogP contribution is -2.36. The Morgan fingerprint density at radius 3 is 2.23 bits per heavy atom. The molecule has 0 aliphatic heterocycles. The highest BCUT2D eigenvalue weighted by Crippen LogP contribution is 2.35. The SMILES string of the molecule is CC(c1cccc2ccccc12)n1cc2c(c1-c1ccccc1)c(=O)n(C)c(=O)n2C. The highest BCUT2D eigenvalue weighted by Gasteiger charge is 2.23. The molecule has 0 saturated carbocycles. The van der Waals surface area contributed by atoms with Crippen LogP contribution in [0.3, 0.4) is 0 Å². The first kappa shape index (κ1) is 19.1. The first-order chi connectivity index (χ1) is 15.0. The summed E-state index contributed by atoms with van der Waals surface area (Å²) in [6.45, 7) is 2.13. The van der Waals surface area contributed by atoms with Crippen LogP contribution in [-0.2, 0) is 14.1 Å². The van der Waals surface area contributed by atoms with E-state index in [4.69, 9.17) is 0 Å². The Morgan fingerprint density at radius 2 is 1.45 bits per heavy atom. The van der Waals surface area contributed by atoms with Crippen LogP contribution in [0.15, 0.2) is 88.6 Å². The van der Waals surface area contributed by atoms with Gasteiger partial charge < -0.3 is 4.57 Å². The van der Waals surface area contributed by atoms with Gasteiger partial charge in [-0.15, -0.1) is 0 Å². The smallest absolute Gasteiger partial charge is 0.330 e. The third kappa shape index (κ3) is 2.85. The van der Waals surface area contributed by atoms with Gasteiger partial charge in [-0.25, -0.2) is 4.79 Å². The molecule has 1 atom stereocenters. The van der Waals surface area contributed by atoms with Crippen molar-refractivity contribution in [3.63, 3.8) is 0 Å². The van der Waals surface area contributed by atoms with Crippen LogP contribution < -0.4 is 11.2 Å². The van der Waals surface area contributed by atoms with Gasteiger partial charge in [-0.1, -0.05) is 72.8 Å². The molecule has 0 radical (unpaired) electrons. The van der Waals surface area contributed by atoms with E-state index >= 15 is 0 Å². The normalized spacial score (nSPS) is 12.5. The number of hydrogen-bond acceptors (Lipinski definition) is 2. The zero-order valence-electron chi connectivity index (χ0n) is 17.7.